The van der Waals surface area contributed by atoms with Crippen LogP contribution in [0.5, 0.6) is 5.75 Å². The van der Waals surface area contributed by atoms with Crippen molar-refractivity contribution in [2.75, 3.05) is 36.5 Å². The number of aryl methyl sites for hydroxylation is 1. The van der Waals surface area contributed by atoms with Gasteiger partial charge in [0.15, 0.2) is 0 Å². The van der Waals surface area contributed by atoms with E-state index in [1.165, 1.54) is 5.56 Å². The number of nitrogens with zero attached hydrogens (tertiary/aromatic N) is 4. The summed E-state index contributed by atoms with van der Waals surface area (Å²) >= 11 is 0. The van der Waals surface area contributed by atoms with E-state index in [9.17, 15) is 0 Å². The van der Waals surface area contributed by atoms with Crippen LogP contribution in [-0.2, 0) is 4.74 Å². The molecule has 3 aromatic rings. The summed E-state index contributed by atoms with van der Waals surface area (Å²) in [6, 6.07) is 6.85. The molecular formula is C24H29N5O2. The molecule has 5 rings (SSSR count). The van der Waals surface area contributed by atoms with E-state index in [4.69, 9.17) is 9.47 Å². The van der Waals surface area contributed by atoms with Gasteiger partial charge in [0.05, 0.1) is 30.5 Å². The summed E-state index contributed by atoms with van der Waals surface area (Å²) in [5.41, 5.74) is 5.13. The summed E-state index contributed by atoms with van der Waals surface area (Å²) in [5.74, 6) is 0.839. The maximum Gasteiger partial charge on any atom is 0.149 e. The topological polar surface area (TPSA) is 72.4 Å². The van der Waals surface area contributed by atoms with Gasteiger partial charge in [0.2, 0.25) is 0 Å². The highest BCUT2D eigenvalue weighted by Gasteiger charge is 2.24. The standard InChI is InChI=1S/C24H29N5O2/c1-17-12-19(16-25-15-17)28-18-2-4-21(5-3-18)31-23-14-20(29-8-10-30-11-9-29)13-22-24(23)27-7-6-26-22/h6-7,12-16,18,21,28H,2-5,8-11H2,1H3/t18-,21+. The second-order valence-electron chi connectivity index (χ2n) is 8.45. The summed E-state index contributed by atoms with van der Waals surface area (Å²) < 4.78 is 12.0. The molecule has 7 nitrogen and oxygen atoms in total. The van der Waals surface area contributed by atoms with Gasteiger partial charge in [-0.25, -0.2) is 4.98 Å². The number of nitrogens with one attached hydrogen (secondary N) is 1. The largest absolute Gasteiger partial charge is 0.488 e. The molecule has 1 N–H and O–H groups in total. The molecule has 0 bridgehead atoms. The van der Waals surface area contributed by atoms with E-state index in [2.05, 4.69) is 50.3 Å². The fraction of sp³-hybridized carbons (Fsp3) is 0.458. The Balaban J connectivity index is 1.28. The number of rotatable bonds is 5. The third-order valence-corrected chi connectivity index (χ3v) is 6.11. The summed E-state index contributed by atoms with van der Waals surface area (Å²) in [7, 11) is 0. The first-order valence-electron chi connectivity index (χ1n) is 11.2. The van der Waals surface area contributed by atoms with E-state index in [1.54, 1.807) is 12.4 Å². The molecule has 1 aromatic carbocycles. The molecular weight excluding hydrogens is 390 g/mol. The normalized spacial score (nSPS) is 21.8. The fourth-order valence-corrected chi connectivity index (χ4v) is 4.50. The number of benzene rings is 1. The van der Waals surface area contributed by atoms with Gasteiger partial charge in [0, 0.05) is 55.7 Å². The molecule has 1 saturated heterocycles. The van der Waals surface area contributed by atoms with Gasteiger partial charge in [-0.15, -0.1) is 0 Å². The van der Waals surface area contributed by atoms with E-state index < -0.39 is 0 Å². The van der Waals surface area contributed by atoms with Crippen molar-refractivity contribution in [1.29, 1.82) is 0 Å². The van der Waals surface area contributed by atoms with Crippen LogP contribution in [0.15, 0.2) is 43.0 Å². The first kappa shape index (κ1) is 20.0. The van der Waals surface area contributed by atoms with Crippen molar-refractivity contribution in [3.8, 4) is 5.75 Å². The number of hydrogen-bond acceptors (Lipinski definition) is 7. The first-order valence-corrected chi connectivity index (χ1v) is 11.2. The third-order valence-electron chi connectivity index (χ3n) is 6.11. The molecule has 2 aliphatic rings. The lowest BCUT2D eigenvalue weighted by molar-refractivity contribution is 0.122. The summed E-state index contributed by atoms with van der Waals surface area (Å²) in [6.45, 7) is 5.34. The molecule has 162 valence electrons. The molecule has 7 heteroatoms. The van der Waals surface area contributed by atoms with E-state index in [0.717, 1.165) is 80.1 Å². The first-order chi connectivity index (χ1) is 15.2. The van der Waals surface area contributed by atoms with Crippen molar-refractivity contribution in [2.45, 2.75) is 44.8 Å². The van der Waals surface area contributed by atoms with Crippen LogP contribution in [0.2, 0.25) is 0 Å². The second-order valence-corrected chi connectivity index (χ2v) is 8.45. The molecule has 3 heterocycles. The molecule has 0 unspecified atom stereocenters. The van der Waals surface area contributed by atoms with Gasteiger partial charge < -0.3 is 19.7 Å². The molecule has 1 aliphatic heterocycles. The molecule has 1 aliphatic carbocycles. The number of pyridine rings is 1. The minimum absolute atomic E-state index is 0.193. The average molecular weight is 420 g/mol. The smallest absolute Gasteiger partial charge is 0.149 e. The van der Waals surface area contributed by atoms with E-state index in [0.29, 0.717) is 6.04 Å². The second kappa shape index (κ2) is 9.06. The quantitative estimate of drug-likeness (QED) is 0.671. The predicted octanol–water partition coefficient (Wildman–Crippen LogP) is 3.97. The van der Waals surface area contributed by atoms with Crippen molar-refractivity contribution in [3.05, 3.63) is 48.5 Å². The molecule has 0 radical (unpaired) electrons. The Morgan fingerprint density at radius 2 is 1.81 bits per heavy atom. The Bertz CT molecular complexity index is 1030. The van der Waals surface area contributed by atoms with Crippen molar-refractivity contribution in [1.82, 2.24) is 15.0 Å². The van der Waals surface area contributed by atoms with Crippen LogP contribution < -0.4 is 15.0 Å². The average Bonchev–Trinajstić information content (AvgIpc) is 2.81. The summed E-state index contributed by atoms with van der Waals surface area (Å²) in [5, 5.41) is 3.63. The Kier molecular flexibility index (Phi) is 5.84. The molecule has 31 heavy (non-hydrogen) atoms. The minimum Gasteiger partial charge on any atom is -0.488 e. The zero-order valence-corrected chi connectivity index (χ0v) is 18.0. The van der Waals surface area contributed by atoms with Crippen LogP contribution in [0.3, 0.4) is 0 Å². The molecule has 2 fully saturated rings. The molecule has 1 saturated carbocycles. The lowest BCUT2D eigenvalue weighted by Crippen LogP contribution is -2.36. The van der Waals surface area contributed by atoms with Crippen molar-refractivity contribution in [2.24, 2.45) is 0 Å². The maximum absolute atomic E-state index is 6.52. The van der Waals surface area contributed by atoms with Crippen LogP contribution >= 0.6 is 0 Å². The van der Waals surface area contributed by atoms with E-state index in [-0.39, 0.29) is 6.10 Å². The number of anilines is 2. The van der Waals surface area contributed by atoms with E-state index >= 15 is 0 Å². The lowest BCUT2D eigenvalue weighted by Gasteiger charge is -2.31. The van der Waals surface area contributed by atoms with Crippen LogP contribution in [0, 0.1) is 6.92 Å². The zero-order chi connectivity index (χ0) is 21.0. The SMILES string of the molecule is Cc1cncc(N[C@H]2CC[C@@H](Oc3cc(N4CCOCC4)cc4nccnc34)CC2)c1. The summed E-state index contributed by atoms with van der Waals surface area (Å²) in [4.78, 5) is 15.7. The van der Waals surface area contributed by atoms with Gasteiger partial charge in [-0.1, -0.05) is 0 Å². The monoisotopic (exact) mass is 419 g/mol. The molecule has 0 amide bonds. The lowest BCUT2D eigenvalue weighted by atomic mass is 9.92. The van der Waals surface area contributed by atoms with E-state index in [1.807, 2.05) is 12.4 Å². The molecule has 0 atom stereocenters. The summed E-state index contributed by atoms with van der Waals surface area (Å²) in [6.07, 6.45) is 11.6. The molecule has 0 spiro atoms. The highest BCUT2D eigenvalue weighted by molar-refractivity contribution is 5.85. The van der Waals surface area contributed by atoms with Crippen molar-refractivity contribution >= 4 is 22.4 Å². The number of morpholine rings is 1. The van der Waals surface area contributed by atoms with Crippen molar-refractivity contribution < 1.29 is 9.47 Å². The number of fused-ring (bicyclic) bond motifs is 1. The van der Waals surface area contributed by atoms with Gasteiger partial charge in [-0.3, -0.25) is 9.97 Å². The predicted molar refractivity (Wildman–Crippen MR) is 122 cm³/mol. The number of hydrogen-bond donors (Lipinski definition) is 1. The Hall–Kier alpha value is -2.93. The van der Waals surface area contributed by atoms with Crippen LogP contribution in [0.25, 0.3) is 11.0 Å². The van der Waals surface area contributed by atoms with Gasteiger partial charge in [-0.2, -0.15) is 0 Å². The Morgan fingerprint density at radius 3 is 2.61 bits per heavy atom. The van der Waals surface area contributed by atoms with Crippen LogP contribution in [0.4, 0.5) is 11.4 Å². The highest BCUT2D eigenvalue weighted by atomic mass is 16.5. The zero-order valence-electron chi connectivity index (χ0n) is 18.0. The fourth-order valence-electron chi connectivity index (χ4n) is 4.50. The van der Waals surface area contributed by atoms with Crippen LogP contribution in [0.1, 0.15) is 31.2 Å². The minimum atomic E-state index is 0.193. The number of aromatic nitrogens is 3. The third kappa shape index (κ3) is 4.71. The van der Waals surface area contributed by atoms with Gasteiger partial charge in [-0.05, 0) is 50.3 Å². The van der Waals surface area contributed by atoms with Gasteiger partial charge in [0.1, 0.15) is 11.3 Å². The Labute approximate surface area is 182 Å². The highest BCUT2D eigenvalue weighted by Crippen LogP contribution is 2.33. The van der Waals surface area contributed by atoms with Gasteiger partial charge in [0.25, 0.3) is 0 Å². The maximum atomic E-state index is 6.52. The number of ether oxygens (including phenoxy) is 2. The molecule has 2 aromatic heterocycles. The van der Waals surface area contributed by atoms with Gasteiger partial charge >= 0.3 is 0 Å². The Morgan fingerprint density at radius 1 is 1.00 bits per heavy atom. The van der Waals surface area contributed by atoms with Crippen molar-refractivity contribution in [3.63, 3.8) is 0 Å². The van der Waals surface area contributed by atoms with Crippen LogP contribution in [-0.4, -0.2) is 53.4 Å².